The van der Waals surface area contributed by atoms with Gasteiger partial charge in [-0.15, -0.1) is 0 Å². The van der Waals surface area contributed by atoms with Gasteiger partial charge in [0.1, 0.15) is 5.75 Å². The standard InChI is InChI=1S/C28H29N5O4S/c1-18(2)23-10-5-6-11-24(23)25-17-26(37-21-14-12-19(13-15-21)27(34)33(3)4)31-28(30-25)32-38(35,36)22-9-7-8-20(29)16-22/h5-18H,29H2,1-4H3,(H,30,31,32). The quantitative estimate of drug-likeness (QED) is 0.301. The number of rotatable bonds is 8. The Labute approximate surface area is 222 Å². The lowest BCUT2D eigenvalue weighted by Gasteiger charge is -2.15. The minimum Gasteiger partial charge on any atom is -0.439 e. The molecule has 0 aliphatic rings. The maximum absolute atomic E-state index is 13.1. The molecular formula is C28H29N5O4S. The Morgan fingerprint density at radius 1 is 0.947 bits per heavy atom. The fourth-order valence-electron chi connectivity index (χ4n) is 3.80. The number of carbonyl (C=O) groups is 1. The van der Waals surface area contributed by atoms with Gasteiger partial charge in [-0.05, 0) is 53.9 Å². The molecule has 196 valence electrons. The predicted octanol–water partition coefficient (Wildman–Crippen LogP) is 5.14. The maximum Gasteiger partial charge on any atom is 0.264 e. The number of nitrogens with one attached hydrogen (secondary N) is 1. The van der Waals surface area contributed by atoms with E-state index in [1.807, 2.05) is 24.3 Å². The number of hydrogen-bond donors (Lipinski definition) is 2. The van der Waals surface area contributed by atoms with E-state index in [4.69, 9.17) is 10.5 Å². The van der Waals surface area contributed by atoms with E-state index in [-0.39, 0.29) is 28.5 Å². The lowest BCUT2D eigenvalue weighted by atomic mass is 9.95. The molecule has 1 aromatic heterocycles. The molecule has 9 nitrogen and oxygen atoms in total. The summed E-state index contributed by atoms with van der Waals surface area (Å²) < 4.78 is 34.6. The van der Waals surface area contributed by atoms with Crippen LogP contribution in [0.2, 0.25) is 0 Å². The second kappa shape index (κ2) is 10.9. The molecule has 3 aromatic carbocycles. The summed E-state index contributed by atoms with van der Waals surface area (Å²) in [5, 5.41) is 0. The van der Waals surface area contributed by atoms with Gasteiger partial charge in [0.2, 0.25) is 11.8 Å². The van der Waals surface area contributed by atoms with Gasteiger partial charge in [0.25, 0.3) is 15.9 Å². The first kappa shape index (κ1) is 26.6. The smallest absolute Gasteiger partial charge is 0.264 e. The van der Waals surface area contributed by atoms with E-state index in [9.17, 15) is 13.2 Å². The van der Waals surface area contributed by atoms with Gasteiger partial charge in [0.15, 0.2) is 0 Å². The summed E-state index contributed by atoms with van der Waals surface area (Å²) in [4.78, 5) is 22.5. The molecule has 0 unspecified atom stereocenters. The zero-order valence-corrected chi connectivity index (χ0v) is 22.4. The number of sulfonamides is 1. The van der Waals surface area contributed by atoms with E-state index < -0.39 is 10.0 Å². The lowest BCUT2D eigenvalue weighted by Crippen LogP contribution is -2.21. The van der Waals surface area contributed by atoms with Gasteiger partial charge in [-0.1, -0.05) is 44.2 Å². The van der Waals surface area contributed by atoms with Crippen LogP contribution in [0.4, 0.5) is 11.6 Å². The van der Waals surface area contributed by atoms with Crippen molar-refractivity contribution >= 4 is 27.6 Å². The number of benzene rings is 3. The number of anilines is 2. The van der Waals surface area contributed by atoms with Crippen LogP contribution >= 0.6 is 0 Å². The van der Waals surface area contributed by atoms with Crippen LogP contribution in [0.25, 0.3) is 11.3 Å². The van der Waals surface area contributed by atoms with Crippen LogP contribution < -0.4 is 15.2 Å². The summed E-state index contributed by atoms with van der Waals surface area (Å²) in [6.45, 7) is 4.13. The summed E-state index contributed by atoms with van der Waals surface area (Å²) in [6.07, 6.45) is 0. The van der Waals surface area contributed by atoms with Crippen molar-refractivity contribution in [3.63, 3.8) is 0 Å². The number of carbonyl (C=O) groups excluding carboxylic acids is 1. The van der Waals surface area contributed by atoms with Crippen molar-refractivity contribution in [1.82, 2.24) is 14.9 Å². The van der Waals surface area contributed by atoms with Crippen LogP contribution in [0, 0.1) is 0 Å². The molecule has 1 amide bonds. The van der Waals surface area contributed by atoms with Crippen LogP contribution in [-0.4, -0.2) is 43.3 Å². The highest BCUT2D eigenvalue weighted by Gasteiger charge is 2.19. The first-order valence-corrected chi connectivity index (χ1v) is 13.4. The summed E-state index contributed by atoms with van der Waals surface area (Å²) >= 11 is 0. The van der Waals surface area contributed by atoms with E-state index in [1.54, 1.807) is 56.6 Å². The zero-order chi connectivity index (χ0) is 27.4. The molecule has 1 heterocycles. The number of nitrogen functional groups attached to an aromatic ring is 1. The van der Waals surface area contributed by atoms with Gasteiger partial charge in [-0.25, -0.2) is 18.1 Å². The summed E-state index contributed by atoms with van der Waals surface area (Å²) in [7, 11) is -0.673. The summed E-state index contributed by atoms with van der Waals surface area (Å²) in [5.74, 6) is 0.458. The van der Waals surface area contributed by atoms with E-state index in [1.165, 1.54) is 17.0 Å². The first-order chi connectivity index (χ1) is 18.0. The van der Waals surface area contributed by atoms with E-state index in [0.717, 1.165) is 11.1 Å². The van der Waals surface area contributed by atoms with Gasteiger partial charge >= 0.3 is 0 Å². The third kappa shape index (κ3) is 6.09. The third-order valence-corrected chi connectivity index (χ3v) is 7.01. The highest BCUT2D eigenvalue weighted by Crippen LogP contribution is 2.32. The van der Waals surface area contributed by atoms with Crippen LogP contribution in [-0.2, 0) is 10.0 Å². The molecule has 3 N–H and O–H groups in total. The molecule has 0 saturated carbocycles. The van der Waals surface area contributed by atoms with Crippen molar-refractivity contribution in [2.75, 3.05) is 24.6 Å². The lowest BCUT2D eigenvalue weighted by molar-refractivity contribution is 0.0827. The minimum atomic E-state index is -4.03. The van der Waals surface area contributed by atoms with Crippen molar-refractivity contribution in [1.29, 1.82) is 0 Å². The molecule has 0 spiro atoms. The molecule has 38 heavy (non-hydrogen) atoms. The number of nitrogens with zero attached hydrogens (tertiary/aromatic N) is 3. The molecule has 0 saturated heterocycles. The highest BCUT2D eigenvalue weighted by molar-refractivity contribution is 7.92. The molecule has 0 radical (unpaired) electrons. The Bertz CT molecular complexity index is 1570. The summed E-state index contributed by atoms with van der Waals surface area (Å²) in [6, 6.07) is 21.9. The molecule has 10 heteroatoms. The van der Waals surface area contributed by atoms with Crippen LogP contribution in [0.1, 0.15) is 35.7 Å². The average molecular weight is 532 g/mol. The Kier molecular flexibility index (Phi) is 7.63. The van der Waals surface area contributed by atoms with Crippen molar-refractivity contribution in [3.05, 3.63) is 90.0 Å². The number of ether oxygens (including phenoxy) is 1. The average Bonchev–Trinajstić information content (AvgIpc) is 2.88. The molecular weight excluding hydrogens is 502 g/mol. The third-order valence-electron chi connectivity index (χ3n) is 5.69. The largest absolute Gasteiger partial charge is 0.439 e. The van der Waals surface area contributed by atoms with Crippen molar-refractivity contribution < 1.29 is 17.9 Å². The highest BCUT2D eigenvalue weighted by atomic mass is 32.2. The Hall–Kier alpha value is -4.44. The summed E-state index contributed by atoms with van der Waals surface area (Å²) in [5.41, 5.74) is 8.95. The number of aromatic nitrogens is 2. The molecule has 4 aromatic rings. The van der Waals surface area contributed by atoms with Crippen LogP contribution in [0.15, 0.2) is 83.8 Å². The molecule has 0 aliphatic carbocycles. The molecule has 4 rings (SSSR count). The minimum absolute atomic E-state index is 0.0160. The predicted molar refractivity (Wildman–Crippen MR) is 148 cm³/mol. The molecule has 0 fully saturated rings. The first-order valence-electron chi connectivity index (χ1n) is 11.9. The van der Waals surface area contributed by atoms with E-state index in [0.29, 0.717) is 22.7 Å². The topological polar surface area (TPSA) is 128 Å². The van der Waals surface area contributed by atoms with Gasteiger partial charge < -0.3 is 15.4 Å². The van der Waals surface area contributed by atoms with E-state index >= 15 is 0 Å². The SMILES string of the molecule is CC(C)c1ccccc1-c1cc(Oc2ccc(C(=O)N(C)C)cc2)nc(NS(=O)(=O)c2cccc(N)c2)n1. The van der Waals surface area contributed by atoms with Crippen molar-refractivity contribution in [2.45, 2.75) is 24.7 Å². The second-order valence-corrected chi connectivity index (χ2v) is 10.8. The number of amides is 1. The van der Waals surface area contributed by atoms with Crippen molar-refractivity contribution in [2.24, 2.45) is 0 Å². The van der Waals surface area contributed by atoms with Crippen LogP contribution in [0.5, 0.6) is 11.6 Å². The Balaban J connectivity index is 1.75. The monoisotopic (exact) mass is 531 g/mol. The normalized spacial score (nSPS) is 11.3. The van der Waals surface area contributed by atoms with Crippen molar-refractivity contribution in [3.8, 4) is 22.9 Å². The van der Waals surface area contributed by atoms with Gasteiger partial charge in [0, 0.05) is 37.0 Å². The van der Waals surface area contributed by atoms with Crippen LogP contribution in [0.3, 0.4) is 0 Å². The van der Waals surface area contributed by atoms with Gasteiger partial charge in [-0.3, -0.25) is 4.79 Å². The van der Waals surface area contributed by atoms with Gasteiger partial charge in [-0.2, -0.15) is 4.98 Å². The fraction of sp³-hybridized carbons (Fsp3) is 0.179. The zero-order valence-electron chi connectivity index (χ0n) is 21.5. The maximum atomic E-state index is 13.1. The molecule has 0 atom stereocenters. The molecule has 0 aliphatic heterocycles. The van der Waals surface area contributed by atoms with E-state index in [2.05, 4.69) is 28.5 Å². The number of hydrogen-bond acceptors (Lipinski definition) is 7. The molecule has 0 bridgehead atoms. The fourth-order valence-corrected chi connectivity index (χ4v) is 4.80. The Morgan fingerprint density at radius 3 is 2.32 bits per heavy atom. The Morgan fingerprint density at radius 2 is 1.66 bits per heavy atom. The van der Waals surface area contributed by atoms with Gasteiger partial charge in [0.05, 0.1) is 10.6 Å². The second-order valence-electron chi connectivity index (χ2n) is 9.16. The number of nitrogens with two attached hydrogens (primary N) is 1.